The SMILES string of the molecule is C=C1[C@@H](OO)C[C@@H]2C[C@H]1C2(C)C. The maximum Gasteiger partial charge on any atom is 0.114 e. The molecule has 12 heavy (non-hydrogen) atoms. The van der Waals surface area contributed by atoms with Crippen molar-refractivity contribution in [2.45, 2.75) is 32.8 Å². The molecule has 2 nitrogen and oxygen atoms in total. The van der Waals surface area contributed by atoms with Crippen LogP contribution in [0.1, 0.15) is 26.7 Å². The Kier molecular flexibility index (Phi) is 1.61. The van der Waals surface area contributed by atoms with Crippen molar-refractivity contribution >= 4 is 0 Å². The molecule has 0 spiro atoms. The second kappa shape index (κ2) is 2.33. The average Bonchev–Trinajstić information content (AvgIpc) is 2.03. The van der Waals surface area contributed by atoms with Crippen LogP contribution in [0.4, 0.5) is 0 Å². The van der Waals surface area contributed by atoms with E-state index in [0.29, 0.717) is 17.3 Å². The molecule has 3 saturated carbocycles. The summed E-state index contributed by atoms with van der Waals surface area (Å²) < 4.78 is 0. The fraction of sp³-hybridized carbons (Fsp3) is 0.800. The molecule has 0 aromatic carbocycles. The topological polar surface area (TPSA) is 29.5 Å². The van der Waals surface area contributed by atoms with E-state index in [9.17, 15) is 0 Å². The summed E-state index contributed by atoms with van der Waals surface area (Å²) >= 11 is 0. The van der Waals surface area contributed by atoms with E-state index >= 15 is 0 Å². The van der Waals surface area contributed by atoms with Gasteiger partial charge >= 0.3 is 0 Å². The van der Waals surface area contributed by atoms with Crippen LogP contribution in [0.3, 0.4) is 0 Å². The van der Waals surface area contributed by atoms with E-state index in [1.165, 1.54) is 6.42 Å². The highest BCUT2D eigenvalue weighted by atomic mass is 17.1. The van der Waals surface area contributed by atoms with Gasteiger partial charge in [0.05, 0.1) is 0 Å². The first-order valence-corrected chi connectivity index (χ1v) is 4.56. The van der Waals surface area contributed by atoms with Crippen molar-refractivity contribution in [3.05, 3.63) is 12.2 Å². The summed E-state index contributed by atoms with van der Waals surface area (Å²) in [5.74, 6) is 1.28. The van der Waals surface area contributed by atoms with Crippen LogP contribution in [0, 0.1) is 17.3 Å². The first-order chi connectivity index (χ1) is 5.57. The number of fused-ring (bicyclic) bond motifs is 2. The van der Waals surface area contributed by atoms with Crippen LogP contribution in [0.5, 0.6) is 0 Å². The van der Waals surface area contributed by atoms with Crippen LogP contribution < -0.4 is 0 Å². The minimum Gasteiger partial charge on any atom is -0.251 e. The maximum atomic E-state index is 8.61. The molecule has 0 amide bonds. The Balaban J connectivity index is 2.17. The molecular weight excluding hydrogens is 152 g/mol. The largest absolute Gasteiger partial charge is 0.251 e. The molecule has 1 N–H and O–H groups in total. The summed E-state index contributed by atoms with van der Waals surface area (Å²) in [4.78, 5) is 4.40. The molecule has 0 unspecified atom stereocenters. The third-order valence-electron chi connectivity index (χ3n) is 3.96. The highest BCUT2D eigenvalue weighted by Crippen LogP contribution is 2.61. The Bertz CT molecular complexity index is 220. The molecule has 3 rings (SSSR count). The smallest absolute Gasteiger partial charge is 0.114 e. The van der Waals surface area contributed by atoms with Gasteiger partial charge in [-0.05, 0) is 35.7 Å². The fourth-order valence-corrected chi connectivity index (χ4v) is 2.79. The summed E-state index contributed by atoms with van der Waals surface area (Å²) in [7, 11) is 0. The minimum atomic E-state index is -0.0956. The van der Waals surface area contributed by atoms with Gasteiger partial charge in [0.25, 0.3) is 0 Å². The van der Waals surface area contributed by atoms with E-state index in [1.54, 1.807) is 0 Å². The molecule has 0 aromatic heterocycles. The molecule has 68 valence electrons. The average molecular weight is 168 g/mol. The highest BCUT2D eigenvalue weighted by Gasteiger charge is 2.55. The Morgan fingerprint density at radius 2 is 2.17 bits per heavy atom. The van der Waals surface area contributed by atoms with Gasteiger partial charge in [-0.2, -0.15) is 0 Å². The maximum absolute atomic E-state index is 8.61. The van der Waals surface area contributed by atoms with Crippen molar-refractivity contribution in [1.82, 2.24) is 0 Å². The van der Waals surface area contributed by atoms with E-state index in [1.807, 2.05) is 0 Å². The molecule has 3 aliphatic rings. The molecule has 2 heteroatoms. The van der Waals surface area contributed by atoms with Crippen LogP contribution in [0.25, 0.3) is 0 Å². The monoisotopic (exact) mass is 168 g/mol. The Morgan fingerprint density at radius 1 is 1.50 bits per heavy atom. The third kappa shape index (κ3) is 0.824. The number of hydrogen-bond acceptors (Lipinski definition) is 2. The van der Waals surface area contributed by atoms with Crippen LogP contribution in [-0.2, 0) is 4.89 Å². The van der Waals surface area contributed by atoms with Gasteiger partial charge in [-0.25, -0.2) is 4.89 Å². The molecule has 2 bridgehead atoms. The van der Waals surface area contributed by atoms with E-state index < -0.39 is 0 Å². The Hall–Kier alpha value is -0.340. The molecule has 0 heterocycles. The van der Waals surface area contributed by atoms with Crippen molar-refractivity contribution in [3.8, 4) is 0 Å². The molecule has 3 atom stereocenters. The summed E-state index contributed by atoms with van der Waals surface area (Å²) in [5.41, 5.74) is 1.48. The quantitative estimate of drug-likeness (QED) is 0.370. The van der Waals surface area contributed by atoms with Gasteiger partial charge in [0.1, 0.15) is 6.10 Å². The van der Waals surface area contributed by atoms with Gasteiger partial charge in [0.2, 0.25) is 0 Å². The van der Waals surface area contributed by atoms with E-state index in [0.717, 1.165) is 12.0 Å². The van der Waals surface area contributed by atoms with Gasteiger partial charge in [-0.15, -0.1) is 0 Å². The zero-order valence-electron chi connectivity index (χ0n) is 7.71. The Morgan fingerprint density at radius 3 is 2.58 bits per heavy atom. The number of hydrogen-bond donors (Lipinski definition) is 1. The number of rotatable bonds is 1. The Labute approximate surface area is 73.2 Å². The first kappa shape index (κ1) is 8.27. The molecular formula is C10H16O2. The first-order valence-electron chi connectivity index (χ1n) is 4.56. The summed E-state index contributed by atoms with van der Waals surface area (Å²) in [6.45, 7) is 8.56. The van der Waals surface area contributed by atoms with Gasteiger partial charge in [-0.3, -0.25) is 5.26 Å². The van der Waals surface area contributed by atoms with Gasteiger partial charge in [0, 0.05) is 0 Å². The summed E-state index contributed by atoms with van der Waals surface area (Å²) in [5, 5.41) is 8.61. The molecule has 0 saturated heterocycles. The minimum absolute atomic E-state index is 0.0956. The van der Waals surface area contributed by atoms with Crippen molar-refractivity contribution in [2.75, 3.05) is 0 Å². The molecule has 0 aliphatic heterocycles. The standard InChI is InChI=1S/C10H16O2/c1-6-8-4-7(10(8,2)3)5-9(6)12-11/h7-9,11H,1,4-5H2,2-3H3/t7-,8+,9-/m0/s1. The lowest BCUT2D eigenvalue weighted by Gasteiger charge is -2.59. The zero-order chi connectivity index (χ0) is 8.93. The van der Waals surface area contributed by atoms with E-state index in [4.69, 9.17) is 5.26 Å². The van der Waals surface area contributed by atoms with Gasteiger partial charge in [0.15, 0.2) is 0 Å². The van der Waals surface area contributed by atoms with Crippen LogP contribution >= 0.6 is 0 Å². The van der Waals surface area contributed by atoms with Crippen molar-refractivity contribution in [3.63, 3.8) is 0 Å². The van der Waals surface area contributed by atoms with Crippen LogP contribution in [0.2, 0.25) is 0 Å². The predicted octanol–water partition coefficient (Wildman–Crippen LogP) is 2.47. The van der Waals surface area contributed by atoms with E-state index in [-0.39, 0.29) is 6.10 Å². The van der Waals surface area contributed by atoms with Crippen LogP contribution in [0.15, 0.2) is 12.2 Å². The second-order valence-electron chi connectivity index (χ2n) is 4.71. The highest BCUT2D eigenvalue weighted by molar-refractivity contribution is 5.23. The molecule has 0 aromatic rings. The van der Waals surface area contributed by atoms with Crippen molar-refractivity contribution in [1.29, 1.82) is 0 Å². The fourth-order valence-electron chi connectivity index (χ4n) is 2.79. The van der Waals surface area contributed by atoms with Gasteiger partial charge in [-0.1, -0.05) is 20.4 Å². The van der Waals surface area contributed by atoms with Gasteiger partial charge < -0.3 is 0 Å². The second-order valence-corrected chi connectivity index (χ2v) is 4.71. The normalized spacial score (nSPS) is 43.9. The van der Waals surface area contributed by atoms with Crippen molar-refractivity contribution < 1.29 is 10.1 Å². The molecule has 0 radical (unpaired) electrons. The van der Waals surface area contributed by atoms with Crippen molar-refractivity contribution in [2.24, 2.45) is 17.3 Å². The lowest BCUT2D eigenvalue weighted by atomic mass is 9.47. The summed E-state index contributed by atoms with van der Waals surface area (Å²) in [6.07, 6.45) is 2.09. The summed E-state index contributed by atoms with van der Waals surface area (Å²) in [6, 6.07) is 0. The molecule has 3 aliphatic carbocycles. The third-order valence-corrected chi connectivity index (χ3v) is 3.96. The molecule has 3 fully saturated rings. The predicted molar refractivity (Wildman–Crippen MR) is 46.6 cm³/mol. The lowest BCUT2D eigenvalue weighted by Crippen LogP contribution is -2.53. The zero-order valence-corrected chi connectivity index (χ0v) is 7.71. The lowest BCUT2D eigenvalue weighted by molar-refractivity contribution is -0.289. The van der Waals surface area contributed by atoms with Crippen LogP contribution in [-0.4, -0.2) is 11.4 Å². The van der Waals surface area contributed by atoms with E-state index in [2.05, 4.69) is 25.3 Å².